The molecule has 99 heavy (non-hydrogen) atoms. The zero-order valence-corrected chi connectivity index (χ0v) is 51.7. The number of carbonyl (C=O) groups excluding carboxylic acids is 4. The van der Waals surface area contributed by atoms with Crippen LogP contribution in [0.25, 0.3) is 0 Å². The third-order valence-corrected chi connectivity index (χ3v) is 21.3. The lowest BCUT2D eigenvalue weighted by Crippen LogP contribution is -2.72. The van der Waals surface area contributed by atoms with E-state index in [4.69, 9.17) is 4.74 Å². The first-order chi connectivity index (χ1) is 43.6. The van der Waals surface area contributed by atoms with Gasteiger partial charge in [0.1, 0.15) is 0 Å². The summed E-state index contributed by atoms with van der Waals surface area (Å²) in [5.41, 5.74) is -46.7. The summed E-state index contributed by atoms with van der Waals surface area (Å²) in [6, 6.07) is 0. The average molecular weight is 1530 g/mol. The number of fused-ring (bicyclic) bond motifs is 6. The van der Waals surface area contributed by atoms with Crippen molar-refractivity contribution in [1.82, 2.24) is 0 Å². The maximum atomic E-state index is 14.4. The molecule has 10 aliphatic carbocycles. The molecule has 0 heterocycles. The molecule has 0 amide bonds. The van der Waals surface area contributed by atoms with Gasteiger partial charge in [-0.15, -0.1) is 0 Å². The van der Waals surface area contributed by atoms with Gasteiger partial charge in [-0.25, -0.2) is 26.3 Å². The highest BCUT2D eigenvalue weighted by molar-refractivity contribution is 5.79. The third-order valence-electron chi connectivity index (χ3n) is 21.3. The van der Waals surface area contributed by atoms with Crippen LogP contribution in [0.15, 0.2) is 0 Å². The largest absolute Gasteiger partial charge is 0.464 e. The summed E-state index contributed by atoms with van der Waals surface area (Å²) in [6.45, 7) is 8.71. The van der Waals surface area contributed by atoms with E-state index < -0.39 is 188 Å². The third kappa shape index (κ3) is 9.31. The van der Waals surface area contributed by atoms with Crippen LogP contribution in [0.3, 0.4) is 0 Å². The number of esters is 4. The van der Waals surface area contributed by atoms with Gasteiger partial charge in [0.05, 0.1) is 17.9 Å². The Hall–Kier alpha value is -4.64. The minimum Gasteiger partial charge on any atom is -0.464 e. The van der Waals surface area contributed by atoms with Crippen LogP contribution in [0.4, 0.5) is 158 Å². The Kier molecular flexibility index (Phi) is 19.1. The molecule has 10 rings (SSSR count). The highest BCUT2D eigenvalue weighted by Crippen LogP contribution is 2.83. The van der Waals surface area contributed by atoms with Crippen LogP contribution in [-0.4, -0.2) is 166 Å². The number of carbonyl (C=O) groups is 4. The summed E-state index contributed by atoms with van der Waals surface area (Å²) >= 11 is 0. The molecule has 0 aromatic rings. The number of rotatable bonds is 13. The first kappa shape index (κ1) is 83.3. The van der Waals surface area contributed by atoms with E-state index in [0.717, 1.165) is 47.0 Å². The number of alkyl halides is 36. The fourth-order valence-corrected chi connectivity index (χ4v) is 14.1. The van der Waals surface area contributed by atoms with Crippen molar-refractivity contribution in [2.24, 2.45) is 45.3 Å². The average Bonchev–Trinajstić information content (AvgIpc) is 1.46. The van der Waals surface area contributed by atoms with Crippen molar-refractivity contribution >= 4 is 23.9 Å². The topological polar surface area (TPSA) is 105 Å². The Balaban J connectivity index is 0.000000209. The van der Waals surface area contributed by atoms with Gasteiger partial charge in [0.15, 0.2) is 10.8 Å². The Morgan fingerprint density at radius 1 is 0.374 bits per heavy atom. The molecule has 576 valence electrons. The van der Waals surface area contributed by atoms with Crippen LogP contribution < -0.4 is 0 Å². The summed E-state index contributed by atoms with van der Waals surface area (Å²) in [5, 5.41) is 0. The molecule has 10 bridgehead atoms. The lowest BCUT2D eigenvalue weighted by molar-refractivity contribution is -0.363. The first-order valence-corrected chi connectivity index (χ1v) is 29.2. The lowest BCUT2D eigenvalue weighted by atomic mass is 9.50. The van der Waals surface area contributed by atoms with E-state index in [9.17, 15) is 177 Å². The normalized spacial score (nSPS) is 40.3. The molecular weight excluding hydrogens is 1470 g/mol. The lowest BCUT2D eigenvalue weighted by Gasteiger charge is -2.56. The van der Waals surface area contributed by atoms with Gasteiger partial charge in [-0.05, 0) is 110 Å². The van der Waals surface area contributed by atoms with Gasteiger partial charge in [-0.3, -0.25) is 19.2 Å². The second-order valence-electron chi connectivity index (χ2n) is 27.4. The molecule has 8 nitrogen and oxygen atoms in total. The summed E-state index contributed by atoms with van der Waals surface area (Å²) in [6.07, 6.45) is -19.1. The van der Waals surface area contributed by atoms with Gasteiger partial charge in [0.25, 0.3) is 17.0 Å². The highest BCUT2D eigenvalue weighted by atomic mass is 19.4. The molecule has 12 atom stereocenters. The fraction of sp³-hybridized carbons (Fsp3) is 0.927. The second kappa shape index (κ2) is 22.7. The molecule has 10 saturated carbocycles. The number of halogens is 36. The zero-order valence-electron chi connectivity index (χ0n) is 51.7. The fourth-order valence-electron chi connectivity index (χ4n) is 14.1. The van der Waals surface area contributed by atoms with Crippen molar-refractivity contribution in [3.05, 3.63) is 0 Å². The molecule has 0 aromatic heterocycles. The smallest absolute Gasteiger partial charge is 0.404 e. The van der Waals surface area contributed by atoms with E-state index in [-0.39, 0.29) is 38.2 Å². The predicted octanol–water partition coefficient (Wildman–Crippen LogP) is 17.8. The molecule has 0 radical (unpaired) electrons. The SMILES string of the molecule is CCC(C)(C(=O)OC1C(F)(F)C2(F)C(F)(F)C(F)(F)C1(F)C2(F)F)C(F)(F)F.CCC(C)(C(=O)OCC12CC3CC(CC(C3)C1)C2)C(F)(F)F.CCC(C)(C)C(=O)OC1C(F)(F)C2(F)C(F)(F)C(F)(F)C1(F)C2(F)F.CCC(C)C(=O)OC1C(F)(F)C2(F)C(F)(F)C(F)(F)C1(F)C2(F)F. The number of hydrogen-bond acceptors (Lipinski definition) is 8. The molecule has 0 N–H and O–H groups in total. The molecule has 0 spiro atoms. The molecule has 0 aromatic carbocycles. The summed E-state index contributed by atoms with van der Waals surface area (Å²) in [5.74, 6) is -86.0. The van der Waals surface area contributed by atoms with E-state index in [2.05, 4.69) is 14.2 Å². The monoisotopic (exact) mass is 1530 g/mol. The maximum Gasteiger partial charge on any atom is 0.404 e. The predicted molar refractivity (Wildman–Crippen MR) is 256 cm³/mol. The minimum atomic E-state index is -6.98. The summed E-state index contributed by atoms with van der Waals surface area (Å²) in [4.78, 5) is 46.9. The van der Waals surface area contributed by atoms with Crippen LogP contribution in [0, 0.1) is 45.3 Å². The van der Waals surface area contributed by atoms with E-state index in [1.54, 1.807) is 0 Å². The standard InChI is InChI=1S/C17H25F3O2.C13H9F13O2.C13H12F10O2.C12H10F10O2/c1-3-15(2,17(18,19)20)14(21)22-10-16-7-11-4-12(8-16)6-13(5-11)9-16;1-3-6(2,13(24,25)26)5(27)28-4-7(14)10(18,19)9(17,8(4,15)16)12(22,23)11(7,20)21;1-4-7(2,3)6(24)25-5-8(14)11(18,19)10(17,9(5,15)16)13(22,23)12(8,20)21;1-3-4(2)5(23)24-6-7(13)10(17,18)9(16,8(6,14)15)12(21,22)11(7,19)20/h11-13H,3-10H2,1-2H3;4H,3H2,1-2H3;5H,4H2,1-3H3;4,6H,3H2,1-2H3. The van der Waals surface area contributed by atoms with Crippen molar-refractivity contribution in [1.29, 1.82) is 0 Å². The van der Waals surface area contributed by atoms with Crippen molar-refractivity contribution in [3.63, 3.8) is 0 Å². The van der Waals surface area contributed by atoms with Crippen LogP contribution in [0.2, 0.25) is 0 Å². The zero-order chi connectivity index (χ0) is 78.0. The van der Waals surface area contributed by atoms with Crippen molar-refractivity contribution in [2.45, 2.75) is 262 Å². The molecule has 12 unspecified atom stereocenters. The van der Waals surface area contributed by atoms with Gasteiger partial charge in [0, 0.05) is 5.41 Å². The van der Waals surface area contributed by atoms with Gasteiger partial charge in [0.2, 0.25) is 18.3 Å². The molecule has 0 aliphatic heterocycles. The minimum absolute atomic E-state index is 0.0261. The Morgan fingerprint density at radius 3 is 0.879 bits per heavy atom. The quantitative estimate of drug-likeness (QED) is 0.102. The first-order valence-electron chi connectivity index (χ1n) is 29.2. The van der Waals surface area contributed by atoms with E-state index in [1.165, 1.54) is 40.0 Å². The van der Waals surface area contributed by atoms with E-state index in [0.29, 0.717) is 24.7 Å². The summed E-state index contributed by atoms with van der Waals surface area (Å²) < 4.78 is 507. The molecule has 44 heteroatoms. The van der Waals surface area contributed by atoms with Crippen LogP contribution in [0.5, 0.6) is 0 Å². The van der Waals surface area contributed by atoms with Crippen LogP contribution in [-0.2, 0) is 38.1 Å². The Bertz CT molecular complexity index is 3130. The van der Waals surface area contributed by atoms with Crippen molar-refractivity contribution in [2.75, 3.05) is 6.61 Å². The molecule has 10 aliphatic rings. The van der Waals surface area contributed by atoms with Crippen LogP contribution >= 0.6 is 0 Å². The second-order valence-corrected chi connectivity index (χ2v) is 27.4. The van der Waals surface area contributed by atoms with Gasteiger partial charge >= 0.3 is 124 Å². The van der Waals surface area contributed by atoms with Gasteiger partial charge in [-0.1, -0.05) is 34.6 Å². The van der Waals surface area contributed by atoms with Gasteiger partial charge in [-0.2, -0.15) is 132 Å². The molecule has 0 saturated heterocycles. The number of ether oxygens (including phenoxy) is 4. The Labute approximate surface area is 533 Å². The molecule has 10 fully saturated rings. The Morgan fingerprint density at radius 2 is 0.636 bits per heavy atom. The highest BCUT2D eigenvalue weighted by Gasteiger charge is 3.16. The van der Waals surface area contributed by atoms with Crippen molar-refractivity contribution in [3.8, 4) is 0 Å². The van der Waals surface area contributed by atoms with E-state index in [1.807, 2.05) is 0 Å². The maximum absolute atomic E-state index is 14.4. The van der Waals surface area contributed by atoms with Crippen molar-refractivity contribution < 1.29 is 196 Å². The van der Waals surface area contributed by atoms with Crippen LogP contribution in [0.1, 0.15) is 127 Å². The summed E-state index contributed by atoms with van der Waals surface area (Å²) in [7, 11) is 0. The van der Waals surface area contributed by atoms with Gasteiger partial charge < -0.3 is 18.9 Å². The van der Waals surface area contributed by atoms with E-state index >= 15 is 0 Å². The molecular formula is C55H56F36O8. The number of hydrogen-bond donors (Lipinski definition) is 0.